The van der Waals surface area contributed by atoms with E-state index in [1.165, 1.54) is 18.2 Å². The Balaban J connectivity index is 2.40. The molecule has 0 aromatic heterocycles. The zero-order chi connectivity index (χ0) is 14.0. The number of hydrogen-bond acceptors (Lipinski definition) is 2. The zero-order valence-electron chi connectivity index (χ0n) is 9.40. The van der Waals surface area contributed by atoms with Crippen molar-refractivity contribution >= 4 is 47.6 Å². The van der Waals surface area contributed by atoms with Crippen LogP contribution in [0.4, 0.5) is 10.1 Å². The van der Waals surface area contributed by atoms with E-state index in [1.807, 2.05) is 0 Å². The molecule has 0 spiro atoms. The smallest absolute Gasteiger partial charge is 0.264 e. The van der Waals surface area contributed by atoms with Gasteiger partial charge in [-0.25, -0.2) is 12.8 Å². The molecule has 0 fully saturated rings. The minimum Gasteiger partial charge on any atom is -0.278 e. The molecular weight excluding hydrogens is 401 g/mol. The summed E-state index contributed by atoms with van der Waals surface area (Å²) < 4.78 is 41.4. The van der Waals surface area contributed by atoms with Gasteiger partial charge >= 0.3 is 0 Å². The van der Waals surface area contributed by atoms with E-state index in [0.29, 0.717) is 10.2 Å². The Bertz CT molecular complexity index is 719. The lowest BCUT2D eigenvalue weighted by molar-refractivity contribution is 0.570. The maximum atomic E-state index is 13.5. The molecule has 0 saturated carbocycles. The second-order valence-electron chi connectivity index (χ2n) is 3.66. The number of halogens is 3. The lowest BCUT2D eigenvalue weighted by Gasteiger charge is -2.10. The third kappa shape index (κ3) is 3.34. The van der Waals surface area contributed by atoms with Crippen LogP contribution in [-0.2, 0) is 10.0 Å². The SMILES string of the molecule is O=S(=O)(Nc1ccc(Br)cc1Br)c1ccccc1F. The molecule has 19 heavy (non-hydrogen) atoms. The summed E-state index contributed by atoms with van der Waals surface area (Å²) in [6.07, 6.45) is 0. The third-order valence-electron chi connectivity index (χ3n) is 2.30. The van der Waals surface area contributed by atoms with Crippen LogP contribution in [0.25, 0.3) is 0 Å². The lowest BCUT2D eigenvalue weighted by Crippen LogP contribution is -2.14. The molecular formula is C12H8Br2FNO2S. The van der Waals surface area contributed by atoms with Crippen molar-refractivity contribution < 1.29 is 12.8 Å². The highest BCUT2D eigenvalue weighted by molar-refractivity contribution is 9.11. The standard InChI is InChI=1S/C12H8Br2FNO2S/c13-8-5-6-11(9(14)7-8)16-19(17,18)12-4-2-1-3-10(12)15/h1-7,16H. The maximum Gasteiger partial charge on any atom is 0.264 e. The molecule has 100 valence electrons. The van der Waals surface area contributed by atoms with Gasteiger partial charge in [0.1, 0.15) is 10.7 Å². The Kier molecular flexibility index (Phi) is 4.27. The van der Waals surface area contributed by atoms with Crippen molar-refractivity contribution in [1.82, 2.24) is 0 Å². The molecule has 0 atom stereocenters. The highest BCUT2D eigenvalue weighted by Gasteiger charge is 2.19. The molecule has 0 aliphatic carbocycles. The second-order valence-corrected chi connectivity index (χ2v) is 7.08. The topological polar surface area (TPSA) is 46.2 Å². The van der Waals surface area contributed by atoms with Crippen LogP contribution in [0.3, 0.4) is 0 Å². The molecule has 2 aromatic carbocycles. The van der Waals surface area contributed by atoms with E-state index < -0.39 is 15.8 Å². The molecule has 0 unspecified atom stereocenters. The number of nitrogens with one attached hydrogen (secondary N) is 1. The van der Waals surface area contributed by atoms with Crippen LogP contribution < -0.4 is 4.72 Å². The molecule has 3 nitrogen and oxygen atoms in total. The van der Waals surface area contributed by atoms with Gasteiger partial charge in [0.05, 0.1) is 5.69 Å². The van der Waals surface area contributed by atoms with Crippen LogP contribution in [0.15, 0.2) is 56.3 Å². The van der Waals surface area contributed by atoms with Crippen LogP contribution in [-0.4, -0.2) is 8.42 Å². The summed E-state index contributed by atoms with van der Waals surface area (Å²) in [5, 5.41) is 0. The summed E-state index contributed by atoms with van der Waals surface area (Å²) in [5.74, 6) is -0.789. The van der Waals surface area contributed by atoms with Crippen LogP contribution >= 0.6 is 31.9 Å². The Morgan fingerprint density at radius 1 is 1.05 bits per heavy atom. The van der Waals surface area contributed by atoms with Gasteiger partial charge in [-0.05, 0) is 46.3 Å². The van der Waals surface area contributed by atoms with E-state index in [4.69, 9.17) is 0 Å². The van der Waals surface area contributed by atoms with E-state index in [1.54, 1.807) is 18.2 Å². The fourth-order valence-electron chi connectivity index (χ4n) is 1.43. The minimum absolute atomic E-state index is 0.339. The van der Waals surface area contributed by atoms with E-state index >= 15 is 0 Å². The highest BCUT2D eigenvalue weighted by atomic mass is 79.9. The monoisotopic (exact) mass is 407 g/mol. The summed E-state index contributed by atoms with van der Waals surface area (Å²) in [6, 6.07) is 10.2. The normalized spacial score (nSPS) is 11.3. The largest absolute Gasteiger partial charge is 0.278 e. The molecule has 0 bridgehead atoms. The van der Waals surface area contributed by atoms with Crippen LogP contribution in [0, 0.1) is 5.82 Å². The van der Waals surface area contributed by atoms with Gasteiger partial charge in [-0.1, -0.05) is 28.1 Å². The van der Waals surface area contributed by atoms with Crippen LogP contribution in [0.5, 0.6) is 0 Å². The van der Waals surface area contributed by atoms with Crippen molar-refractivity contribution in [2.45, 2.75) is 4.90 Å². The molecule has 2 rings (SSSR count). The number of benzene rings is 2. The molecule has 0 aliphatic rings. The first-order chi connectivity index (χ1) is 8.90. The van der Waals surface area contributed by atoms with Crippen LogP contribution in [0.2, 0.25) is 0 Å². The zero-order valence-corrected chi connectivity index (χ0v) is 13.4. The first-order valence-corrected chi connectivity index (χ1v) is 8.19. The number of hydrogen-bond donors (Lipinski definition) is 1. The fourth-order valence-corrected chi connectivity index (χ4v) is 3.87. The second kappa shape index (κ2) is 5.60. The molecule has 0 saturated heterocycles. The molecule has 0 radical (unpaired) electrons. The first kappa shape index (κ1) is 14.5. The Hall–Kier alpha value is -0.920. The predicted octanol–water partition coefficient (Wildman–Crippen LogP) is 4.15. The molecule has 1 N–H and O–H groups in total. The van der Waals surface area contributed by atoms with Gasteiger partial charge < -0.3 is 0 Å². The van der Waals surface area contributed by atoms with E-state index in [9.17, 15) is 12.8 Å². The average molecular weight is 409 g/mol. The predicted molar refractivity (Wildman–Crippen MR) is 79.1 cm³/mol. The quantitative estimate of drug-likeness (QED) is 0.828. The number of anilines is 1. The number of sulfonamides is 1. The van der Waals surface area contributed by atoms with Crippen molar-refractivity contribution in [1.29, 1.82) is 0 Å². The summed E-state index contributed by atoms with van der Waals surface area (Å²) >= 11 is 6.51. The highest BCUT2D eigenvalue weighted by Crippen LogP contribution is 2.28. The molecule has 7 heteroatoms. The molecule has 0 aliphatic heterocycles. The van der Waals surface area contributed by atoms with E-state index in [-0.39, 0.29) is 4.90 Å². The molecule has 0 amide bonds. The summed E-state index contributed by atoms with van der Waals surface area (Å²) in [5.41, 5.74) is 0.339. The van der Waals surface area contributed by atoms with Gasteiger partial charge in [0.2, 0.25) is 0 Å². The van der Waals surface area contributed by atoms with Gasteiger partial charge in [0.25, 0.3) is 10.0 Å². The third-order valence-corrected chi connectivity index (χ3v) is 4.85. The Morgan fingerprint density at radius 2 is 1.74 bits per heavy atom. The van der Waals surface area contributed by atoms with Gasteiger partial charge in [-0.15, -0.1) is 0 Å². The van der Waals surface area contributed by atoms with Crippen molar-refractivity contribution in [3.63, 3.8) is 0 Å². The van der Waals surface area contributed by atoms with Crippen LogP contribution in [0.1, 0.15) is 0 Å². The van der Waals surface area contributed by atoms with Gasteiger partial charge in [0.15, 0.2) is 0 Å². The van der Waals surface area contributed by atoms with Gasteiger partial charge in [-0.3, -0.25) is 4.72 Å². The van der Waals surface area contributed by atoms with E-state index in [2.05, 4.69) is 36.6 Å². The minimum atomic E-state index is -3.95. The van der Waals surface area contributed by atoms with Crippen molar-refractivity contribution in [3.8, 4) is 0 Å². The molecule has 0 heterocycles. The average Bonchev–Trinajstić information content (AvgIpc) is 2.33. The van der Waals surface area contributed by atoms with Crippen molar-refractivity contribution in [2.24, 2.45) is 0 Å². The summed E-state index contributed by atoms with van der Waals surface area (Å²) in [4.78, 5) is -0.384. The molecule has 2 aromatic rings. The van der Waals surface area contributed by atoms with E-state index in [0.717, 1.165) is 10.5 Å². The number of rotatable bonds is 3. The van der Waals surface area contributed by atoms with Crippen molar-refractivity contribution in [3.05, 3.63) is 57.2 Å². The van der Waals surface area contributed by atoms with Gasteiger partial charge in [0, 0.05) is 8.95 Å². The van der Waals surface area contributed by atoms with Gasteiger partial charge in [-0.2, -0.15) is 0 Å². The summed E-state index contributed by atoms with van der Waals surface area (Å²) in [7, 11) is -3.95. The Labute approximate surface area is 127 Å². The first-order valence-electron chi connectivity index (χ1n) is 5.12. The van der Waals surface area contributed by atoms with Crippen molar-refractivity contribution in [2.75, 3.05) is 4.72 Å². The fraction of sp³-hybridized carbons (Fsp3) is 0. The summed E-state index contributed by atoms with van der Waals surface area (Å²) in [6.45, 7) is 0. The maximum absolute atomic E-state index is 13.5. The lowest BCUT2D eigenvalue weighted by atomic mass is 10.3. The Morgan fingerprint density at radius 3 is 2.37 bits per heavy atom.